The fourth-order valence-corrected chi connectivity index (χ4v) is 9.59. The van der Waals surface area contributed by atoms with Gasteiger partial charge in [0.15, 0.2) is 5.82 Å². The lowest BCUT2D eigenvalue weighted by molar-refractivity contribution is 1.17. The highest BCUT2D eigenvalue weighted by Gasteiger charge is 2.20. The number of nitrogens with zero attached hydrogens (tertiary/aromatic N) is 5. The van der Waals surface area contributed by atoms with Crippen molar-refractivity contribution in [3.63, 3.8) is 0 Å². The molecule has 59 heavy (non-hydrogen) atoms. The lowest BCUT2D eigenvalue weighted by atomic mass is 10.1. The van der Waals surface area contributed by atoms with Gasteiger partial charge in [-0.3, -0.25) is 0 Å². The minimum Gasteiger partial charge on any atom is -0.314 e. The Kier molecular flexibility index (Phi) is 6.66. The molecule has 13 rings (SSSR count). The van der Waals surface area contributed by atoms with Gasteiger partial charge in [0.25, 0.3) is 0 Å². The Morgan fingerprint density at radius 2 is 0.915 bits per heavy atom. The number of benzene rings is 8. The molecular formula is C54H33N5. The average Bonchev–Trinajstić information content (AvgIpc) is 3.99. The van der Waals surface area contributed by atoms with Crippen molar-refractivity contribution in [3.8, 4) is 39.6 Å². The summed E-state index contributed by atoms with van der Waals surface area (Å²) in [6, 6.07) is 69.7. The number of para-hydroxylation sites is 4. The van der Waals surface area contributed by atoms with Crippen LogP contribution in [-0.2, 0) is 0 Å². The van der Waals surface area contributed by atoms with Crippen molar-refractivity contribution in [2.45, 2.75) is 0 Å². The van der Waals surface area contributed by atoms with Gasteiger partial charge >= 0.3 is 0 Å². The van der Waals surface area contributed by atoms with Crippen LogP contribution in [0, 0.1) is 0 Å². The summed E-state index contributed by atoms with van der Waals surface area (Å²) >= 11 is 0. The van der Waals surface area contributed by atoms with Gasteiger partial charge in [0.05, 0.1) is 50.0 Å². The maximum Gasteiger partial charge on any atom is 0.160 e. The molecule has 0 bridgehead atoms. The molecule has 0 saturated carbocycles. The molecule has 0 saturated heterocycles. The van der Waals surface area contributed by atoms with Gasteiger partial charge in [-0.05, 0) is 48.5 Å². The second kappa shape index (κ2) is 12.2. The molecule has 0 aliphatic carbocycles. The summed E-state index contributed by atoms with van der Waals surface area (Å²) in [6.45, 7) is 0. The van der Waals surface area contributed by atoms with Crippen LogP contribution in [0.1, 0.15) is 0 Å². The van der Waals surface area contributed by atoms with Crippen LogP contribution < -0.4 is 0 Å². The van der Waals surface area contributed by atoms with Gasteiger partial charge in [0.1, 0.15) is 0 Å². The maximum atomic E-state index is 5.12. The zero-order valence-electron chi connectivity index (χ0n) is 31.8. The fourth-order valence-electron chi connectivity index (χ4n) is 9.59. The number of rotatable bonds is 4. The summed E-state index contributed by atoms with van der Waals surface area (Å²) in [5.41, 5.74) is 14.2. The SMILES string of the molecule is c1ccc(-c2cc(-c3ccc(-n4c5ccccc5c5cc6c(cc54)n4c5ccccc5c5cccc(c7cccc8ccn6c87)c54)cc3)nc(-c3ccccc3)n2)cc1. The summed E-state index contributed by atoms with van der Waals surface area (Å²) in [5, 5.41) is 8.64. The van der Waals surface area contributed by atoms with E-state index in [4.69, 9.17) is 9.97 Å². The van der Waals surface area contributed by atoms with Crippen LogP contribution in [-0.4, -0.2) is 23.3 Å². The quantitative estimate of drug-likeness (QED) is 0.180. The van der Waals surface area contributed by atoms with E-state index in [1.165, 1.54) is 54.3 Å². The largest absolute Gasteiger partial charge is 0.314 e. The van der Waals surface area contributed by atoms with Gasteiger partial charge in [-0.15, -0.1) is 0 Å². The Hall–Kier alpha value is -8.02. The van der Waals surface area contributed by atoms with Gasteiger partial charge in [0.2, 0.25) is 0 Å². The monoisotopic (exact) mass is 751 g/mol. The summed E-state index contributed by atoms with van der Waals surface area (Å²) < 4.78 is 7.34. The van der Waals surface area contributed by atoms with Crippen molar-refractivity contribution in [2.24, 2.45) is 0 Å². The Bertz CT molecular complexity index is 3760. The van der Waals surface area contributed by atoms with Crippen LogP contribution in [0.4, 0.5) is 0 Å². The van der Waals surface area contributed by atoms with Crippen LogP contribution in [0.15, 0.2) is 200 Å². The molecule has 5 nitrogen and oxygen atoms in total. The molecule has 0 aliphatic rings. The molecule has 13 aromatic rings. The Labute approximate surface area is 338 Å². The summed E-state index contributed by atoms with van der Waals surface area (Å²) in [7, 11) is 0. The van der Waals surface area contributed by atoms with E-state index in [0.717, 1.165) is 55.8 Å². The van der Waals surface area contributed by atoms with Gasteiger partial charge in [-0.25, -0.2) is 9.97 Å². The third kappa shape index (κ3) is 4.67. The van der Waals surface area contributed by atoms with Crippen molar-refractivity contribution in [1.82, 2.24) is 23.3 Å². The molecule has 0 aliphatic heterocycles. The molecule has 0 spiro atoms. The highest BCUT2D eigenvalue weighted by molar-refractivity contribution is 6.23. The molecule has 5 heteroatoms. The maximum absolute atomic E-state index is 5.12. The van der Waals surface area contributed by atoms with E-state index < -0.39 is 0 Å². The lowest BCUT2D eigenvalue weighted by Crippen LogP contribution is -1.98. The zero-order valence-corrected chi connectivity index (χ0v) is 31.8. The lowest BCUT2D eigenvalue weighted by Gasteiger charge is -2.13. The standard InChI is InChI=1S/C54H33N5/c1-3-13-34(14-4-1)45-32-46(56-54(55-45)37-15-5-2-6-16-37)35-25-27-38(28-26-35)58-47-23-9-8-19-40(47)44-31-50-51(33-49(44)58)59-48-24-10-7-18-39(48)41-21-12-22-43(53(41)59)42-20-11-17-36-29-30-57(50)52(36)42/h1-33H. The molecule has 0 amide bonds. The first-order valence-corrected chi connectivity index (χ1v) is 20.1. The Balaban J connectivity index is 1.09. The number of aromatic nitrogens is 5. The predicted octanol–water partition coefficient (Wildman–Crippen LogP) is 13.7. The Morgan fingerprint density at radius 1 is 0.339 bits per heavy atom. The van der Waals surface area contributed by atoms with Crippen LogP contribution in [0.25, 0.3) is 116 Å². The van der Waals surface area contributed by atoms with E-state index >= 15 is 0 Å². The molecule has 0 fully saturated rings. The molecule has 5 heterocycles. The van der Waals surface area contributed by atoms with Crippen molar-refractivity contribution in [3.05, 3.63) is 200 Å². The van der Waals surface area contributed by atoms with Gasteiger partial charge in [-0.2, -0.15) is 0 Å². The minimum atomic E-state index is 0.709. The first-order valence-electron chi connectivity index (χ1n) is 20.1. The van der Waals surface area contributed by atoms with Gasteiger partial charge < -0.3 is 13.4 Å². The van der Waals surface area contributed by atoms with Crippen LogP contribution in [0.3, 0.4) is 0 Å². The molecule has 0 N–H and O–H groups in total. The van der Waals surface area contributed by atoms with E-state index in [1.54, 1.807) is 0 Å². The topological polar surface area (TPSA) is 39.5 Å². The molecule has 0 radical (unpaired) electrons. The highest BCUT2D eigenvalue weighted by Crippen LogP contribution is 2.41. The van der Waals surface area contributed by atoms with Crippen LogP contribution in [0.5, 0.6) is 0 Å². The molecule has 5 aromatic heterocycles. The zero-order chi connectivity index (χ0) is 38.6. The summed E-state index contributed by atoms with van der Waals surface area (Å²) in [6.07, 6.45) is 2.24. The smallest absolute Gasteiger partial charge is 0.160 e. The molecule has 8 aromatic carbocycles. The fraction of sp³-hybridized carbons (Fsp3) is 0. The minimum absolute atomic E-state index is 0.709. The number of hydrogen-bond donors (Lipinski definition) is 0. The van der Waals surface area contributed by atoms with Gasteiger partial charge in [-0.1, -0.05) is 146 Å². The third-order valence-electron chi connectivity index (χ3n) is 12.2. The van der Waals surface area contributed by atoms with Crippen molar-refractivity contribution in [2.75, 3.05) is 0 Å². The summed E-state index contributed by atoms with van der Waals surface area (Å²) in [4.78, 5) is 10.1. The Morgan fingerprint density at radius 3 is 1.66 bits per heavy atom. The van der Waals surface area contributed by atoms with E-state index in [0.29, 0.717) is 5.82 Å². The second-order valence-corrected chi connectivity index (χ2v) is 15.4. The second-order valence-electron chi connectivity index (χ2n) is 15.4. The van der Waals surface area contributed by atoms with Crippen molar-refractivity contribution in [1.29, 1.82) is 0 Å². The van der Waals surface area contributed by atoms with Crippen LogP contribution in [0.2, 0.25) is 0 Å². The van der Waals surface area contributed by atoms with Gasteiger partial charge in [0, 0.05) is 66.3 Å². The third-order valence-corrected chi connectivity index (χ3v) is 12.2. The van der Waals surface area contributed by atoms with E-state index in [9.17, 15) is 0 Å². The molecular weight excluding hydrogens is 719 g/mol. The summed E-state index contributed by atoms with van der Waals surface area (Å²) in [5.74, 6) is 0.709. The van der Waals surface area contributed by atoms with Crippen molar-refractivity contribution >= 4 is 76.3 Å². The van der Waals surface area contributed by atoms with E-state index in [1.807, 2.05) is 24.3 Å². The molecule has 0 atom stereocenters. The molecule has 274 valence electrons. The van der Waals surface area contributed by atoms with Crippen LogP contribution >= 0.6 is 0 Å². The highest BCUT2D eigenvalue weighted by atomic mass is 15.0. The predicted molar refractivity (Wildman–Crippen MR) is 245 cm³/mol. The van der Waals surface area contributed by atoms with E-state index in [-0.39, 0.29) is 0 Å². The first-order chi connectivity index (χ1) is 29.3. The van der Waals surface area contributed by atoms with Crippen molar-refractivity contribution < 1.29 is 0 Å². The average molecular weight is 752 g/mol. The first kappa shape index (κ1) is 32.1. The van der Waals surface area contributed by atoms with E-state index in [2.05, 4.69) is 189 Å². The normalized spacial score (nSPS) is 12.1. The number of hydrogen-bond acceptors (Lipinski definition) is 2. The number of fused-ring (bicyclic) bond motifs is 10. The molecule has 0 unspecified atom stereocenters.